The van der Waals surface area contributed by atoms with Crippen LogP contribution in [0.4, 0.5) is 0 Å². The predicted octanol–water partition coefficient (Wildman–Crippen LogP) is 2.91. The highest BCUT2D eigenvalue weighted by Crippen LogP contribution is 2.23. The van der Waals surface area contributed by atoms with Gasteiger partial charge in [-0.15, -0.1) is 0 Å². The summed E-state index contributed by atoms with van der Waals surface area (Å²) in [5.74, 6) is 0. The van der Waals surface area contributed by atoms with Crippen LogP contribution in [-0.4, -0.2) is 18.8 Å². The summed E-state index contributed by atoms with van der Waals surface area (Å²) in [6.45, 7) is 7.19. The molecule has 1 N–H and O–H groups in total. The van der Waals surface area contributed by atoms with Crippen LogP contribution in [0.5, 0.6) is 0 Å². The van der Waals surface area contributed by atoms with Crippen LogP contribution in [0, 0.1) is 0 Å². The molecule has 1 aromatic carbocycles. The molecular formula is C15H23NO. The van der Waals surface area contributed by atoms with Crippen LogP contribution in [0.25, 0.3) is 0 Å². The van der Waals surface area contributed by atoms with E-state index in [1.165, 1.54) is 24.0 Å². The van der Waals surface area contributed by atoms with E-state index >= 15 is 0 Å². The number of benzene rings is 1. The van der Waals surface area contributed by atoms with Crippen LogP contribution in [0.15, 0.2) is 24.3 Å². The number of rotatable bonds is 5. The molecule has 94 valence electrons. The van der Waals surface area contributed by atoms with Gasteiger partial charge in [0.2, 0.25) is 0 Å². The molecule has 2 heteroatoms. The predicted molar refractivity (Wildman–Crippen MR) is 71.1 cm³/mol. The van der Waals surface area contributed by atoms with Gasteiger partial charge >= 0.3 is 0 Å². The molecule has 0 aliphatic carbocycles. The van der Waals surface area contributed by atoms with Crippen molar-refractivity contribution >= 4 is 0 Å². The number of ether oxygens (including phenoxy) is 1. The van der Waals surface area contributed by atoms with Gasteiger partial charge in [-0.3, -0.25) is 0 Å². The molecule has 0 aromatic heterocycles. The van der Waals surface area contributed by atoms with Gasteiger partial charge in [-0.2, -0.15) is 0 Å². The second kappa shape index (κ2) is 5.65. The fourth-order valence-electron chi connectivity index (χ4n) is 2.34. The normalized spacial score (nSPS) is 24.1. The topological polar surface area (TPSA) is 21.3 Å². The maximum Gasteiger partial charge on any atom is 0.0779 e. The fourth-order valence-corrected chi connectivity index (χ4v) is 2.34. The molecule has 1 aliphatic rings. The molecule has 1 atom stereocenters. The Kier molecular flexibility index (Phi) is 4.19. The minimum absolute atomic E-state index is 0.0589. The Morgan fingerprint density at radius 2 is 1.94 bits per heavy atom. The van der Waals surface area contributed by atoms with E-state index in [1.807, 2.05) is 0 Å². The minimum Gasteiger partial charge on any atom is -0.374 e. The lowest BCUT2D eigenvalue weighted by molar-refractivity contribution is 0.0207. The summed E-state index contributed by atoms with van der Waals surface area (Å²) < 4.78 is 5.75. The number of aryl methyl sites for hydroxylation is 1. The van der Waals surface area contributed by atoms with Gasteiger partial charge in [0.1, 0.15) is 0 Å². The Labute approximate surface area is 104 Å². The fraction of sp³-hybridized carbons (Fsp3) is 0.600. The molecule has 0 saturated carbocycles. The summed E-state index contributed by atoms with van der Waals surface area (Å²) in [4.78, 5) is 0. The second-order valence-corrected chi connectivity index (χ2v) is 5.18. The number of hydrogen-bond donors (Lipinski definition) is 1. The van der Waals surface area contributed by atoms with E-state index in [-0.39, 0.29) is 5.60 Å². The molecule has 1 unspecified atom stereocenters. The largest absolute Gasteiger partial charge is 0.374 e. The number of nitrogens with one attached hydrogen (secondary N) is 1. The highest BCUT2D eigenvalue weighted by atomic mass is 16.5. The van der Waals surface area contributed by atoms with Crippen molar-refractivity contribution < 1.29 is 4.74 Å². The average Bonchev–Trinajstić information content (AvgIpc) is 2.77. The molecule has 1 fully saturated rings. The molecule has 0 spiro atoms. The van der Waals surface area contributed by atoms with Crippen molar-refractivity contribution in [3.63, 3.8) is 0 Å². The highest BCUT2D eigenvalue weighted by Gasteiger charge is 2.28. The lowest BCUT2D eigenvalue weighted by Gasteiger charge is -2.23. The van der Waals surface area contributed by atoms with E-state index in [0.717, 1.165) is 26.1 Å². The minimum atomic E-state index is 0.0589. The lowest BCUT2D eigenvalue weighted by Crippen LogP contribution is -2.36. The van der Waals surface area contributed by atoms with Crippen LogP contribution in [0.3, 0.4) is 0 Å². The molecule has 2 rings (SSSR count). The molecule has 2 nitrogen and oxygen atoms in total. The van der Waals surface area contributed by atoms with Crippen LogP contribution < -0.4 is 5.32 Å². The first kappa shape index (κ1) is 12.6. The summed E-state index contributed by atoms with van der Waals surface area (Å²) in [6, 6.07) is 8.85. The van der Waals surface area contributed by atoms with E-state index in [4.69, 9.17) is 4.74 Å². The molecule has 0 radical (unpaired) electrons. The highest BCUT2D eigenvalue weighted by molar-refractivity contribution is 5.22. The molecule has 1 saturated heterocycles. The third-order valence-corrected chi connectivity index (χ3v) is 3.56. The van der Waals surface area contributed by atoms with Gasteiger partial charge in [0.25, 0.3) is 0 Å². The second-order valence-electron chi connectivity index (χ2n) is 5.18. The van der Waals surface area contributed by atoms with E-state index < -0.39 is 0 Å². The average molecular weight is 233 g/mol. The Hall–Kier alpha value is -0.860. The molecule has 1 aromatic rings. The SMILES string of the molecule is CCc1ccc(CNCC2(C)CCCO2)cc1. The van der Waals surface area contributed by atoms with Gasteiger partial charge < -0.3 is 10.1 Å². The van der Waals surface area contributed by atoms with Crippen molar-refractivity contribution in [1.29, 1.82) is 0 Å². The summed E-state index contributed by atoms with van der Waals surface area (Å²) >= 11 is 0. The monoisotopic (exact) mass is 233 g/mol. The van der Waals surface area contributed by atoms with Gasteiger partial charge in [-0.05, 0) is 37.3 Å². The molecule has 17 heavy (non-hydrogen) atoms. The Morgan fingerprint density at radius 1 is 1.24 bits per heavy atom. The Balaban J connectivity index is 1.77. The first-order valence-corrected chi connectivity index (χ1v) is 6.64. The molecule has 0 amide bonds. The molecule has 0 bridgehead atoms. The summed E-state index contributed by atoms with van der Waals surface area (Å²) in [5.41, 5.74) is 2.81. The Bertz CT molecular complexity index is 338. The van der Waals surface area contributed by atoms with Crippen molar-refractivity contribution in [1.82, 2.24) is 5.32 Å². The number of hydrogen-bond acceptors (Lipinski definition) is 2. The quantitative estimate of drug-likeness (QED) is 0.844. The van der Waals surface area contributed by atoms with E-state index in [2.05, 4.69) is 43.4 Å². The van der Waals surface area contributed by atoms with Crippen molar-refractivity contribution in [2.24, 2.45) is 0 Å². The molecular weight excluding hydrogens is 210 g/mol. The smallest absolute Gasteiger partial charge is 0.0779 e. The van der Waals surface area contributed by atoms with Gasteiger partial charge in [0, 0.05) is 19.7 Å². The van der Waals surface area contributed by atoms with Crippen LogP contribution in [-0.2, 0) is 17.7 Å². The van der Waals surface area contributed by atoms with Crippen LogP contribution in [0.1, 0.15) is 37.8 Å². The first-order valence-electron chi connectivity index (χ1n) is 6.64. The zero-order chi connectivity index (χ0) is 12.1. The van der Waals surface area contributed by atoms with Crippen LogP contribution in [0.2, 0.25) is 0 Å². The van der Waals surface area contributed by atoms with Crippen molar-refractivity contribution in [2.75, 3.05) is 13.2 Å². The van der Waals surface area contributed by atoms with Crippen molar-refractivity contribution in [3.8, 4) is 0 Å². The van der Waals surface area contributed by atoms with E-state index in [9.17, 15) is 0 Å². The van der Waals surface area contributed by atoms with Gasteiger partial charge in [0.15, 0.2) is 0 Å². The lowest BCUT2D eigenvalue weighted by atomic mass is 10.0. The van der Waals surface area contributed by atoms with Crippen molar-refractivity contribution in [3.05, 3.63) is 35.4 Å². The molecule has 1 heterocycles. The van der Waals surface area contributed by atoms with Gasteiger partial charge in [0.05, 0.1) is 5.60 Å². The standard InChI is InChI=1S/C15H23NO/c1-3-13-5-7-14(8-6-13)11-16-12-15(2)9-4-10-17-15/h5-8,16H,3-4,9-12H2,1-2H3. The third kappa shape index (κ3) is 3.55. The van der Waals surface area contributed by atoms with Crippen LogP contribution >= 0.6 is 0 Å². The molecule has 1 aliphatic heterocycles. The van der Waals surface area contributed by atoms with Gasteiger partial charge in [-0.1, -0.05) is 31.2 Å². The summed E-state index contributed by atoms with van der Waals surface area (Å²) in [7, 11) is 0. The van der Waals surface area contributed by atoms with E-state index in [1.54, 1.807) is 0 Å². The maximum absolute atomic E-state index is 5.75. The zero-order valence-electron chi connectivity index (χ0n) is 11.0. The first-order chi connectivity index (χ1) is 8.22. The summed E-state index contributed by atoms with van der Waals surface area (Å²) in [5, 5.41) is 3.50. The summed E-state index contributed by atoms with van der Waals surface area (Å²) in [6.07, 6.45) is 3.48. The van der Waals surface area contributed by atoms with Gasteiger partial charge in [-0.25, -0.2) is 0 Å². The Morgan fingerprint density at radius 3 is 2.53 bits per heavy atom. The maximum atomic E-state index is 5.75. The van der Waals surface area contributed by atoms with Crippen molar-refractivity contribution in [2.45, 2.75) is 45.3 Å². The zero-order valence-corrected chi connectivity index (χ0v) is 11.0. The third-order valence-electron chi connectivity index (χ3n) is 3.56. The van der Waals surface area contributed by atoms with E-state index in [0.29, 0.717) is 0 Å².